The summed E-state index contributed by atoms with van der Waals surface area (Å²) in [5.74, 6) is -0.667. The van der Waals surface area contributed by atoms with Crippen LogP contribution >= 0.6 is 0 Å². The summed E-state index contributed by atoms with van der Waals surface area (Å²) in [7, 11) is 1.38. The molecule has 2 heterocycles. The fourth-order valence-corrected chi connectivity index (χ4v) is 2.37. The number of esters is 2. The quantitative estimate of drug-likeness (QED) is 0.775. The molecular formula is C14H18N2O4. The van der Waals surface area contributed by atoms with Crippen LogP contribution in [0.4, 0.5) is 5.69 Å². The van der Waals surface area contributed by atoms with Crippen molar-refractivity contribution in [3.05, 3.63) is 24.0 Å². The second-order valence-corrected chi connectivity index (χ2v) is 4.53. The molecule has 1 aliphatic rings. The zero-order valence-electron chi connectivity index (χ0n) is 11.7. The lowest BCUT2D eigenvalue weighted by molar-refractivity contribution is -0.141. The van der Waals surface area contributed by atoms with Crippen LogP contribution in [0.5, 0.6) is 0 Å². The van der Waals surface area contributed by atoms with Crippen LogP contribution in [0.2, 0.25) is 0 Å². The molecule has 0 amide bonds. The molecule has 1 unspecified atom stereocenters. The van der Waals surface area contributed by atoms with Crippen LogP contribution in [-0.4, -0.2) is 43.2 Å². The number of methoxy groups -OCH3 is 1. The number of nitrogens with zero attached hydrogens (tertiary/aromatic N) is 2. The Morgan fingerprint density at radius 2 is 2.25 bits per heavy atom. The van der Waals surface area contributed by atoms with E-state index in [1.807, 2.05) is 4.90 Å². The van der Waals surface area contributed by atoms with E-state index in [0.717, 1.165) is 25.1 Å². The molecule has 1 aromatic rings. The van der Waals surface area contributed by atoms with Crippen LogP contribution in [0.15, 0.2) is 18.5 Å². The van der Waals surface area contributed by atoms with E-state index in [1.54, 1.807) is 19.2 Å². The maximum atomic E-state index is 11.7. The number of ether oxygens (including phenoxy) is 2. The molecule has 1 aliphatic heterocycles. The Morgan fingerprint density at radius 3 is 2.95 bits per heavy atom. The van der Waals surface area contributed by atoms with Gasteiger partial charge in [0.15, 0.2) is 0 Å². The van der Waals surface area contributed by atoms with Crippen molar-refractivity contribution in [2.45, 2.75) is 25.8 Å². The Labute approximate surface area is 117 Å². The van der Waals surface area contributed by atoms with Gasteiger partial charge in [0.05, 0.1) is 31.2 Å². The first-order valence-electron chi connectivity index (χ1n) is 6.64. The van der Waals surface area contributed by atoms with Crippen molar-refractivity contribution in [1.82, 2.24) is 4.98 Å². The summed E-state index contributed by atoms with van der Waals surface area (Å²) in [5, 5.41) is 0. The first kappa shape index (κ1) is 14.3. The third kappa shape index (κ3) is 2.89. The van der Waals surface area contributed by atoms with E-state index in [1.165, 1.54) is 13.3 Å². The van der Waals surface area contributed by atoms with Gasteiger partial charge < -0.3 is 14.4 Å². The fourth-order valence-electron chi connectivity index (χ4n) is 2.37. The molecule has 0 spiro atoms. The lowest BCUT2D eigenvalue weighted by Gasteiger charge is -2.24. The van der Waals surface area contributed by atoms with Crippen molar-refractivity contribution in [2.75, 3.05) is 25.2 Å². The van der Waals surface area contributed by atoms with Crippen LogP contribution < -0.4 is 4.90 Å². The highest BCUT2D eigenvalue weighted by molar-refractivity contribution is 5.90. The third-order valence-corrected chi connectivity index (χ3v) is 3.29. The SMILES string of the molecule is CCOC(=O)c1cncc(N2CCCC2C(=O)OC)c1. The van der Waals surface area contributed by atoms with Gasteiger partial charge in [0.2, 0.25) is 0 Å². The van der Waals surface area contributed by atoms with Crippen LogP contribution in [0, 0.1) is 0 Å². The predicted molar refractivity (Wildman–Crippen MR) is 72.6 cm³/mol. The average molecular weight is 278 g/mol. The summed E-state index contributed by atoms with van der Waals surface area (Å²) in [6.07, 6.45) is 4.76. The molecule has 6 heteroatoms. The molecule has 108 valence electrons. The molecule has 2 rings (SSSR count). The van der Waals surface area contributed by atoms with E-state index >= 15 is 0 Å². The minimum atomic E-state index is -0.407. The van der Waals surface area contributed by atoms with Crippen molar-refractivity contribution < 1.29 is 19.1 Å². The maximum absolute atomic E-state index is 11.7. The average Bonchev–Trinajstić information content (AvgIpc) is 2.96. The number of hydrogen-bond donors (Lipinski definition) is 0. The van der Waals surface area contributed by atoms with Crippen LogP contribution in [0.1, 0.15) is 30.1 Å². The number of hydrogen-bond acceptors (Lipinski definition) is 6. The van der Waals surface area contributed by atoms with Crippen LogP contribution in [-0.2, 0) is 14.3 Å². The summed E-state index contributed by atoms with van der Waals surface area (Å²) < 4.78 is 9.76. The largest absolute Gasteiger partial charge is 0.467 e. The van der Waals surface area contributed by atoms with E-state index in [0.29, 0.717) is 12.2 Å². The minimum Gasteiger partial charge on any atom is -0.467 e. The molecule has 0 N–H and O–H groups in total. The van der Waals surface area contributed by atoms with E-state index in [9.17, 15) is 9.59 Å². The molecule has 0 aliphatic carbocycles. The summed E-state index contributed by atoms with van der Waals surface area (Å²) in [5.41, 5.74) is 1.13. The summed E-state index contributed by atoms with van der Waals surface area (Å²) >= 11 is 0. The zero-order chi connectivity index (χ0) is 14.5. The summed E-state index contributed by atoms with van der Waals surface area (Å²) in [6.45, 7) is 2.81. The number of pyridine rings is 1. The van der Waals surface area contributed by atoms with Crippen LogP contribution in [0.3, 0.4) is 0 Å². The number of carbonyl (C=O) groups is 2. The molecule has 1 aromatic heterocycles. The van der Waals surface area contributed by atoms with E-state index in [4.69, 9.17) is 9.47 Å². The first-order chi connectivity index (χ1) is 9.67. The number of anilines is 1. The summed E-state index contributed by atoms with van der Waals surface area (Å²) in [6, 6.07) is 1.39. The second-order valence-electron chi connectivity index (χ2n) is 4.53. The van der Waals surface area contributed by atoms with Gasteiger partial charge in [-0.25, -0.2) is 9.59 Å². The highest BCUT2D eigenvalue weighted by Crippen LogP contribution is 2.26. The monoisotopic (exact) mass is 278 g/mol. The normalized spacial score (nSPS) is 17.9. The van der Waals surface area contributed by atoms with Gasteiger partial charge in [-0.2, -0.15) is 0 Å². The van der Waals surface area contributed by atoms with Crippen molar-refractivity contribution in [2.24, 2.45) is 0 Å². The lowest BCUT2D eigenvalue weighted by atomic mass is 10.2. The lowest BCUT2D eigenvalue weighted by Crippen LogP contribution is -2.37. The van der Waals surface area contributed by atoms with Gasteiger partial charge in [0.1, 0.15) is 6.04 Å². The highest BCUT2D eigenvalue weighted by Gasteiger charge is 2.32. The Morgan fingerprint density at radius 1 is 1.45 bits per heavy atom. The molecule has 0 saturated carbocycles. The Bertz CT molecular complexity index is 504. The molecule has 0 aromatic carbocycles. The standard InChI is InChI=1S/C14H18N2O4/c1-3-20-13(17)10-7-11(9-15-8-10)16-6-4-5-12(16)14(18)19-2/h7-9,12H,3-6H2,1-2H3. The van der Waals surface area contributed by atoms with Crippen LogP contribution in [0.25, 0.3) is 0 Å². The fraction of sp³-hybridized carbons (Fsp3) is 0.500. The van der Waals surface area contributed by atoms with Gasteiger partial charge in [-0.1, -0.05) is 0 Å². The number of rotatable bonds is 4. The number of carbonyl (C=O) groups excluding carboxylic acids is 2. The van der Waals surface area contributed by atoms with Gasteiger partial charge in [0, 0.05) is 12.7 Å². The van der Waals surface area contributed by atoms with Crippen molar-refractivity contribution >= 4 is 17.6 Å². The van der Waals surface area contributed by atoms with Gasteiger partial charge >= 0.3 is 11.9 Å². The van der Waals surface area contributed by atoms with Gasteiger partial charge in [-0.15, -0.1) is 0 Å². The van der Waals surface area contributed by atoms with Crippen molar-refractivity contribution in [3.8, 4) is 0 Å². The first-order valence-corrected chi connectivity index (χ1v) is 6.64. The van der Waals surface area contributed by atoms with Crippen molar-refractivity contribution in [1.29, 1.82) is 0 Å². The zero-order valence-corrected chi connectivity index (χ0v) is 11.7. The molecular weight excluding hydrogens is 260 g/mol. The molecule has 6 nitrogen and oxygen atoms in total. The molecule has 1 atom stereocenters. The molecule has 20 heavy (non-hydrogen) atoms. The molecule has 0 radical (unpaired) electrons. The Hall–Kier alpha value is -2.11. The topological polar surface area (TPSA) is 68.7 Å². The van der Waals surface area contributed by atoms with Gasteiger partial charge in [0.25, 0.3) is 0 Å². The smallest absolute Gasteiger partial charge is 0.339 e. The highest BCUT2D eigenvalue weighted by atomic mass is 16.5. The minimum absolute atomic E-state index is 0.260. The molecule has 1 fully saturated rings. The summed E-state index contributed by atoms with van der Waals surface area (Å²) in [4.78, 5) is 29.4. The van der Waals surface area contributed by atoms with E-state index in [2.05, 4.69) is 4.98 Å². The van der Waals surface area contributed by atoms with Gasteiger partial charge in [-0.3, -0.25) is 4.98 Å². The van der Waals surface area contributed by atoms with E-state index in [-0.39, 0.29) is 12.0 Å². The molecule has 0 bridgehead atoms. The van der Waals surface area contributed by atoms with E-state index < -0.39 is 5.97 Å². The van der Waals surface area contributed by atoms with Gasteiger partial charge in [-0.05, 0) is 25.8 Å². The second kappa shape index (κ2) is 6.36. The third-order valence-electron chi connectivity index (χ3n) is 3.29. The Kier molecular flexibility index (Phi) is 4.55. The van der Waals surface area contributed by atoms with Crippen molar-refractivity contribution in [3.63, 3.8) is 0 Å². The predicted octanol–water partition coefficient (Wildman–Crippen LogP) is 1.40. The molecule has 1 saturated heterocycles. The Balaban J connectivity index is 2.22. The maximum Gasteiger partial charge on any atom is 0.339 e. The number of aromatic nitrogens is 1.